The summed E-state index contributed by atoms with van der Waals surface area (Å²) in [7, 11) is -3.94. The highest BCUT2D eigenvalue weighted by molar-refractivity contribution is 7.89. The summed E-state index contributed by atoms with van der Waals surface area (Å²) in [5, 5.41) is 20.8. The number of hydrogen-bond donors (Lipinski definition) is 1. The molecule has 2 aliphatic rings. The van der Waals surface area contributed by atoms with Crippen LogP contribution in [0.1, 0.15) is 26.7 Å². The van der Waals surface area contributed by atoms with E-state index in [0.29, 0.717) is 18.8 Å². The summed E-state index contributed by atoms with van der Waals surface area (Å²) in [5.41, 5.74) is 0.0910. The summed E-state index contributed by atoms with van der Waals surface area (Å²) in [6, 6.07) is 3.95. The number of carboxylic acid groups (broad SMARTS) is 1. The molecule has 11 heteroatoms. The lowest BCUT2D eigenvalue weighted by atomic mass is 9.99. The fourth-order valence-corrected chi connectivity index (χ4v) is 5.43. The number of aliphatic carboxylic acids is 1. The number of piperidine rings is 1. The number of morpholine rings is 1. The molecule has 0 aromatic heterocycles. The normalized spacial score (nSPS) is 24.4. The van der Waals surface area contributed by atoms with E-state index >= 15 is 0 Å². The Kier molecular flexibility index (Phi) is 6.11. The van der Waals surface area contributed by atoms with E-state index in [2.05, 4.69) is 0 Å². The Hall–Kier alpha value is -2.24. The molecule has 0 saturated carbocycles. The average molecular weight is 427 g/mol. The summed E-state index contributed by atoms with van der Waals surface area (Å²) in [5.74, 6) is -1.50. The molecular formula is C18H25N3O7S. The second-order valence-electron chi connectivity index (χ2n) is 7.59. The fourth-order valence-electron chi connectivity index (χ4n) is 3.94. The van der Waals surface area contributed by atoms with E-state index in [1.165, 1.54) is 16.4 Å². The summed E-state index contributed by atoms with van der Waals surface area (Å²) in [4.78, 5) is 23.9. The lowest BCUT2D eigenvalue weighted by Crippen LogP contribution is -2.45. The lowest BCUT2D eigenvalue weighted by molar-refractivity contribution is -0.384. The first kappa shape index (κ1) is 21.5. The van der Waals surface area contributed by atoms with E-state index in [4.69, 9.17) is 9.84 Å². The Morgan fingerprint density at radius 1 is 1.21 bits per heavy atom. The van der Waals surface area contributed by atoms with Crippen LogP contribution in [-0.2, 0) is 19.6 Å². The third-order valence-corrected chi connectivity index (χ3v) is 7.24. The molecule has 0 bridgehead atoms. The average Bonchev–Trinajstić information content (AvgIpc) is 2.66. The second-order valence-corrected chi connectivity index (χ2v) is 9.52. The lowest BCUT2D eigenvalue weighted by Gasteiger charge is -2.36. The van der Waals surface area contributed by atoms with Gasteiger partial charge in [-0.1, -0.05) is 0 Å². The molecule has 10 nitrogen and oxygen atoms in total. The number of nitrogens with zero attached hydrogens (tertiary/aromatic N) is 3. The highest BCUT2D eigenvalue weighted by atomic mass is 32.2. The number of ether oxygens (including phenoxy) is 1. The zero-order chi connectivity index (χ0) is 21.3. The maximum atomic E-state index is 13.0. The number of benzene rings is 1. The van der Waals surface area contributed by atoms with Crippen LogP contribution in [0.3, 0.4) is 0 Å². The molecule has 160 valence electrons. The number of nitro groups is 1. The maximum absolute atomic E-state index is 13.0. The Labute approximate surface area is 169 Å². The van der Waals surface area contributed by atoms with Gasteiger partial charge in [0.15, 0.2) is 0 Å². The van der Waals surface area contributed by atoms with Crippen LogP contribution in [0.2, 0.25) is 0 Å². The second kappa shape index (κ2) is 8.25. The predicted octanol–water partition coefficient (Wildman–Crippen LogP) is 1.69. The van der Waals surface area contributed by atoms with Gasteiger partial charge in [-0.2, -0.15) is 4.31 Å². The quantitative estimate of drug-likeness (QED) is 0.555. The van der Waals surface area contributed by atoms with Crippen molar-refractivity contribution >= 4 is 27.4 Å². The van der Waals surface area contributed by atoms with E-state index in [0.717, 1.165) is 6.07 Å². The van der Waals surface area contributed by atoms with Crippen molar-refractivity contribution < 1.29 is 28.0 Å². The topological polar surface area (TPSA) is 130 Å². The van der Waals surface area contributed by atoms with E-state index in [-0.39, 0.29) is 48.7 Å². The zero-order valence-corrected chi connectivity index (χ0v) is 17.2. The molecule has 3 rings (SSSR count). The van der Waals surface area contributed by atoms with Crippen molar-refractivity contribution in [3.63, 3.8) is 0 Å². The summed E-state index contributed by atoms with van der Waals surface area (Å²) in [6.45, 7) is 4.86. The van der Waals surface area contributed by atoms with Gasteiger partial charge in [0.25, 0.3) is 5.69 Å². The molecule has 0 unspecified atom stereocenters. The van der Waals surface area contributed by atoms with Crippen molar-refractivity contribution in [3.05, 3.63) is 28.3 Å². The highest BCUT2D eigenvalue weighted by Gasteiger charge is 2.34. The largest absolute Gasteiger partial charge is 0.481 e. The first-order valence-corrected chi connectivity index (χ1v) is 11.0. The number of nitro benzene ring substituents is 1. The minimum atomic E-state index is -3.94. The molecule has 0 radical (unpaired) electrons. The van der Waals surface area contributed by atoms with Crippen molar-refractivity contribution in [2.24, 2.45) is 5.92 Å². The van der Waals surface area contributed by atoms with E-state index in [1.807, 2.05) is 18.7 Å². The van der Waals surface area contributed by atoms with Gasteiger partial charge in [0.2, 0.25) is 10.0 Å². The molecule has 2 atom stereocenters. The van der Waals surface area contributed by atoms with Crippen LogP contribution in [0, 0.1) is 16.0 Å². The molecule has 2 heterocycles. The summed E-state index contributed by atoms with van der Waals surface area (Å²) >= 11 is 0. The fraction of sp³-hybridized carbons (Fsp3) is 0.611. The Balaban J connectivity index is 1.88. The minimum Gasteiger partial charge on any atom is -0.481 e. The van der Waals surface area contributed by atoms with Crippen molar-refractivity contribution in [1.29, 1.82) is 0 Å². The molecule has 2 saturated heterocycles. The first-order valence-electron chi connectivity index (χ1n) is 9.51. The Morgan fingerprint density at radius 3 is 2.31 bits per heavy atom. The van der Waals surface area contributed by atoms with Crippen LogP contribution < -0.4 is 4.90 Å². The van der Waals surface area contributed by atoms with Gasteiger partial charge in [-0.05, 0) is 38.8 Å². The first-order chi connectivity index (χ1) is 13.6. The van der Waals surface area contributed by atoms with Crippen molar-refractivity contribution in [1.82, 2.24) is 4.31 Å². The van der Waals surface area contributed by atoms with E-state index in [1.54, 1.807) is 0 Å². The third kappa shape index (κ3) is 4.51. The molecule has 29 heavy (non-hydrogen) atoms. The molecule has 0 amide bonds. The number of carbonyl (C=O) groups is 1. The van der Waals surface area contributed by atoms with Crippen LogP contribution in [0.15, 0.2) is 23.1 Å². The van der Waals surface area contributed by atoms with Crippen LogP contribution in [-0.4, -0.2) is 67.1 Å². The van der Waals surface area contributed by atoms with Gasteiger partial charge in [-0.15, -0.1) is 0 Å². The van der Waals surface area contributed by atoms with Gasteiger partial charge >= 0.3 is 5.97 Å². The third-order valence-electron chi connectivity index (χ3n) is 5.34. The molecule has 1 aromatic carbocycles. The molecular weight excluding hydrogens is 402 g/mol. The predicted molar refractivity (Wildman–Crippen MR) is 104 cm³/mol. The number of sulfonamides is 1. The van der Waals surface area contributed by atoms with Crippen molar-refractivity contribution in [2.75, 3.05) is 31.1 Å². The maximum Gasteiger partial charge on any atom is 0.306 e. The van der Waals surface area contributed by atoms with Gasteiger partial charge in [0, 0.05) is 32.2 Å². The molecule has 0 aliphatic carbocycles. The van der Waals surface area contributed by atoms with E-state index in [9.17, 15) is 23.3 Å². The van der Waals surface area contributed by atoms with Gasteiger partial charge in [0.05, 0.1) is 27.9 Å². The van der Waals surface area contributed by atoms with Crippen LogP contribution in [0.5, 0.6) is 0 Å². The summed E-state index contributed by atoms with van der Waals surface area (Å²) < 4.78 is 32.8. The monoisotopic (exact) mass is 427 g/mol. The Morgan fingerprint density at radius 2 is 1.79 bits per heavy atom. The van der Waals surface area contributed by atoms with Gasteiger partial charge in [-0.3, -0.25) is 14.9 Å². The van der Waals surface area contributed by atoms with Crippen molar-refractivity contribution in [3.8, 4) is 0 Å². The number of rotatable bonds is 5. The number of anilines is 1. The SMILES string of the molecule is C[C@@H]1CN(c2ccc(S(=O)(=O)N3CCC(C(=O)O)CC3)cc2[N+](=O)[O-])C[C@H](C)O1. The van der Waals surface area contributed by atoms with Crippen LogP contribution >= 0.6 is 0 Å². The highest BCUT2D eigenvalue weighted by Crippen LogP contribution is 2.34. The van der Waals surface area contributed by atoms with E-state index < -0.39 is 26.8 Å². The van der Waals surface area contributed by atoms with Crippen LogP contribution in [0.4, 0.5) is 11.4 Å². The van der Waals surface area contributed by atoms with Crippen molar-refractivity contribution in [2.45, 2.75) is 43.8 Å². The van der Waals surface area contributed by atoms with Crippen LogP contribution in [0.25, 0.3) is 0 Å². The van der Waals surface area contributed by atoms with Gasteiger partial charge in [0.1, 0.15) is 5.69 Å². The minimum absolute atomic E-state index is 0.0767. The van der Waals surface area contributed by atoms with Gasteiger partial charge in [-0.25, -0.2) is 8.42 Å². The molecule has 2 aliphatic heterocycles. The number of hydrogen-bond acceptors (Lipinski definition) is 7. The van der Waals surface area contributed by atoms with Gasteiger partial charge < -0.3 is 14.7 Å². The molecule has 1 N–H and O–H groups in total. The zero-order valence-electron chi connectivity index (χ0n) is 16.4. The smallest absolute Gasteiger partial charge is 0.306 e. The molecule has 0 spiro atoms. The number of carboxylic acids is 1. The Bertz CT molecular complexity index is 887. The molecule has 2 fully saturated rings. The summed E-state index contributed by atoms with van der Waals surface area (Å²) in [6.07, 6.45) is 0.242. The standard InChI is InChI=1S/C18H25N3O7S/c1-12-10-19(11-13(2)28-12)16-4-3-15(9-17(16)21(24)25)29(26,27)20-7-5-14(6-8-20)18(22)23/h3-4,9,12-14H,5-8,10-11H2,1-2H3,(H,22,23)/t12-,13+. The molecule has 1 aromatic rings.